The van der Waals surface area contributed by atoms with Crippen LogP contribution in [0.4, 0.5) is 11.8 Å². The minimum Gasteiger partial charge on any atom is -0.420 e. The SMILES string of the molecule is Nc1nc2oc(N(CCO)CCO)cc2[nH]1. The first kappa shape index (κ1) is 10.8. The zero-order valence-electron chi connectivity index (χ0n) is 8.68. The standard InChI is InChI=1S/C9H14N4O3/c10-9-11-6-5-7(16-8(6)12-9)13(1-3-14)2-4-15/h5,14-15H,1-4H2,(H3,10,11,12). The molecule has 2 aromatic rings. The van der Waals surface area contributed by atoms with Crippen molar-refractivity contribution in [3.63, 3.8) is 0 Å². The Hall–Kier alpha value is -1.73. The maximum Gasteiger partial charge on any atom is 0.248 e. The molecule has 0 unspecified atom stereocenters. The van der Waals surface area contributed by atoms with E-state index >= 15 is 0 Å². The van der Waals surface area contributed by atoms with Gasteiger partial charge in [-0.25, -0.2) is 0 Å². The summed E-state index contributed by atoms with van der Waals surface area (Å²) in [7, 11) is 0. The van der Waals surface area contributed by atoms with Crippen molar-refractivity contribution in [2.45, 2.75) is 0 Å². The third kappa shape index (κ3) is 1.95. The van der Waals surface area contributed by atoms with Gasteiger partial charge in [0.25, 0.3) is 0 Å². The Kier molecular flexibility index (Phi) is 2.97. The fourth-order valence-corrected chi connectivity index (χ4v) is 1.55. The van der Waals surface area contributed by atoms with Crippen molar-refractivity contribution >= 4 is 23.1 Å². The summed E-state index contributed by atoms with van der Waals surface area (Å²) in [5.41, 5.74) is 6.58. The van der Waals surface area contributed by atoms with Crippen LogP contribution in [-0.2, 0) is 0 Å². The first-order valence-electron chi connectivity index (χ1n) is 4.96. The molecule has 0 bridgehead atoms. The molecule has 0 fully saturated rings. The van der Waals surface area contributed by atoms with Crippen LogP contribution in [0.2, 0.25) is 0 Å². The average Bonchev–Trinajstić information content (AvgIpc) is 2.74. The molecule has 0 aromatic carbocycles. The van der Waals surface area contributed by atoms with Crippen LogP contribution in [0.25, 0.3) is 11.2 Å². The second kappa shape index (κ2) is 4.42. The molecule has 0 saturated carbocycles. The van der Waals surface area contributed by atoms with Crippen LogP contribution in [0, 0.1) is 0 Å². The van der Waals surface area contributed by atoms with Crippen molar-refractivity contribution in [3.05, 3.63) is 6.07 Å². The Morgan fingerprint density at radius 1 is 1.38 bits per heavy atom. The van der Waals surface area contributed by atoms with Crippen LogP contribution >= 0.6 is 0 Å². The molecule has 0 aliphatic heterocycles. The van der Waals surface area contributed by atoms with Gasteiger partial charge < -0.3 is 30.2 Å². The topological polar surface area (TPSA) is 112 Å². The van der Waals surface area contributed by atoms with E-state index in [9.17, 15) is 0 Å². The fourth-order valence-electron chi connectivity index (χ4n) is 1.55. The Labute approximate surface area is 91.5 Å². The maximum absolute atomic E-state index is 8.89. The largest absolute Gasteiger partial charge is 0.420 e. The Bertz CT molecular complexity index is 427. The summed E-state index contributed by atoms with van der Waals surface area (Å²) in [6.07, 6.45) is 0. The molecule has 0 spiro atoms. The van der Waals surface area contributed by atoms with Crippen LogP contribution in [-0.4, -0.2) is 46.5 Å². The summed E-state index contributed by atoms with van der Waals surface area (Å²) in [6.45, 7) is 0.771. The van der Waals surface area contributed by atoms with Gasteiger partial charge in [-0.15, -0.1) is 0 Å². The Morgan fingerprint density at radius 2 is 2.06 bits per heavy atom. The molecule has 16 heavy (non-hydrogen) atoms. The normalized spacial score (nSPS) is 11.1. The van der Waals surface area contributed by atoms with Crippen LogP contribution in [0.15, 0.2) is 10.5 Å². The van der Waals surface area contributed by atoms with E-state index in [4.69, 9.17) is 20.4 Å². The van der Waals surface area contributed by atoms with E-state index in [2.05, 4.69) is 9.97 Å². The second-order valence-electron chi connectivity index (χ2n) is 3.36. The Morgan fingerprint density at radius 3 is 2.62 bits per heavy atom. The highest BCUT2D eigenvalue weighted by molar-refractivity contribution is 5.75. The van der Waals surface area contributed by atoms with Gasteiger partial charge in [0.1, 0.15) is 5.52 Å². The molecule has 2 heterocycles. The highest BCUT2D eigenvalue weighted by atomic mass is 16.4. The first-order chi connectivity index (χ1) is 7.74. The zero-order valence-corrected chi connectivity index (χ0v) is 8.68. The quantitative estimate of drug-likeness (QED) is 0.548. The van der Waals surface area contributed by atoms with Gasteiger partial charge in [0.15, 0.2) is 0 Å². The molecule has 0 saturated heterocycles. The minimum atomic E-state index is -0.00972. The number of imidazole rings is 1. The summed E-state index contributed by atoms with van der Waals surface area (Å²) >= 11 is 0. The Balaban J connectivity index is 2.25. The molecular weight excluding hydrogens is 212 g/mol. The van der Waals surface area contributed by atoms with E-state index in [-0.39, 0.29) is 13.2 Å². The molecule has 0 radical (unpaired) electrons. The van der Waals surface area contributed by atoms with Crippen molar-refractivity contribution in [2.75, 3.05) is 36.9 Å². The summed E-state index contributed by atoms with van der Waals surface area (Å²) in [5, 5.41) is 17.8. The van der Waals surface area contributed by atoms with E-state index in [1.807, 2.05) is 0 Å². The molecule has 0 aliphatic carbocycles. The number of nitrogens with two attached hydrogens (primary N) is 1. The highest BCUT2D eigenvalue weighted by Crippen LogP contribution is 2.24. The predicted octanol–water partition coefficient (Wildman–Crippen LogP) is -0.471. The van der Waals surface area contributed by atoms with Crippen molar-refractivity contribution in [2.24, 2.45) is 0 Å². The average molecular weight is 226 g/mol. The number of rotatable bonds is 5. The third-order valence-electron chi connectivity index (χ3n) is 2.24. The van der Waals surface area contributed by atoms with Gasteiger partial charge in [0.2, 0.25) is 17.5 Å². The predicted molar refractivity (Wildman–Crippen MR) is 59.2 cm³/mol. The molecule has 2 aromatic heterocycles. The fraction of sp³-hybridized carbons (Fsp3) is 0.444. The zero-order chi connectivity index (χ0) is 11.5. The lowest BCUT2D eigenvalue weighted by Crippen LogP contribution is -2.29. The van der Waals surface area contributed by atoms with E-state index in [1.165, 1.54) is 0 Å². The molecule has 7 heteroatoms. The number of H-pyrrole nitrogens is 1. The van der Waals surface area contributed by atoms with Crippen LogP contribution in [0.3, 0.4) is 0 Å². The first-order valence-corrected chi connectivity index (χ1v) is 4.96. The lowest BCUT2D eigenvalue weighted by Gasteiger charge is -2.18. The molecule has 0 aliphatic rings. The van der Waals surface area contributed by atoms with E-state index in [1.54, 1.807) is 11.0 Å². The second-order valence-corrected chi connectivity index (χ2v) is 3.36. The van der Waals surface area contributed by atoms with Crippen molar-refractivity contribution in [1.82, 2.24) is 9.97 Å². The number of hydrogen-bond acceptors (Lipinski definition) is 6. The number of nitrogens with zero attached hydrogens (tertiary/aromatic N) is 2. The van der Waals surface area contributed by atoms with Crippen molar-refractivity contribution in [1.29, 1.82) is 0 Å². The number of nitrogen functional groups attached to an aromatic ring is 1. The number of anilines is 2. The van der Waals surface area contributed by atoms with Gasteiger partial charge in [-0.3, -0.25) is 0 Å². The highest BCUT2D eigenvalue weighted by Gasteiger charge is 2.13. The van der Waals surface area contributed by atoms with E-state index < -0.39 is 0 Å². The number of aliphatic hydroxyl groups is 2. The van der Waals surface area contributed by atoms with Gasteiger partial charge in [-0.2, -0.15) is 4.98 Å². The van der Waals surface area contributed by atoms with Crippen molar-refractivity contribution in [3.8, 4) is 0 Å². The lowest BCUT2D eigenvalue weighted by molar-refractivity contribution is 0.277. The van der Waals surface area contributed by atoms with Gasteiger partial charge in [0, 0.05) is 19.2 Å². The third-order valence-corrected chi connectivity index (χ3v) is 2.24. The molecule has 5 N–H and O–H groups in total. The van der Waals surface area contributed by atoms with Crippen LogP contribution < -0.4 is 10.6 Å². The number of hydrogen-bond donors (Lipinski definition) is 4. The number of aromatic amines is 1. The smallest absolute Gasteiger partial charge is 0.248 e. The summed E-state index contributed by atoms with van der Waals surface area (Å²) in [5.74, 6) is 0.855. The maximum atomic E-state index is 8.89. The molecule has 0 atom stereocenters. The molecular formula is C9H14N4O3. The molecule has 0 amide bonds. The molecule has 2 rings (SSSR count). The molecule has 88 valence electrons. The monoisotopic (exact) mass is 226 g/mol. The van der Waals surface area contributed by atoms with Crippen LogP contribution in [0.1, 0.15) is 0 Å². The number of fused-ring (bicyclic) bond motifs is 1. The van der Waals surface area contributed by atoms with Gasteiger partial charge in [0.05, 0.1) is 13.2 Å². The van der Waals surface area contributed by atoms with Crippen LogP contribution in [0.5, 0.6) is 0 Å². The number of aliphatic hydroxyl groups excluding tert-OH is 2. The molecule has 7 nitrogen and oxygen atoms in total. The van der Waals surface area contributed by atoms with E-state index in [0.717, 1.165) is 0 Å². The lowest BCUT2D eigenvalue weighted by atomic mass is 10.4. The van der Waals surface area contributed by atoms with Crippen molar-refractivity contribution < 1.29 is 14.6 Å². The van der Waals surface area contributed by atoms with E-state index in [0.29, 0.717) is 36.2 Å². The number of nitrogens with one attached hydrogen (secondary N) is 1. The minimum absolute atomic E-state index is 0.00972. The summed E-state index contributed by atoms with van der Waals surface area (Å²) < 4.78 is 5.44. The summed E-state index contributed by atoms with van der Waals surface area (Å²) in [4.78, 5) is 8.51. The van der Waals surface area contributed by atoms with Gasteiger partial charge in [-0.05, 0) is 0 Å². The summed E-state index contributed by atoms with van der Waals surface area (Å²) in [6, 6.07) is 1.74. The number of aromatic nitrogens is 2. The van der Waals surface area contributed by atoms with Gasteiger partial charge in [-0.1, -0.05) is 0 Å². The van der Waals surface area contributed by atoms with Gasteiger partial charge >= 0.3 is 0 Å². The number of furan rings is 1.